The average molecular weight is 357 g/mol. The lowest BCUT2D eigenvalue weighted by molar-refractivity contribution is -0.142. The summed E-state index contributed by atoms with van der Waals surface area (Å²) in [6.45, 7) is 6.41. The van der Waals surface area contributed by atoms with Crippen molar-refractivity contribution in [2.24, 2.45) is 5.73 Å². The van der Waals surface area contributed by atoms with Crippen molar-refractivity contribution in [1.29, 1.82) is 0 Å². The standard InChI is InChI=1S/C17H31N3O5/c1-17(2,3)25-16(23)20-11-7-9-13(20)14(21)19-10-6-5-8-12(18)15(22)24-4/h12-13H,5-11,18H2,1-4H3,(H,19,21)/t12-,13-/m0/s1. The first kappa shape index (κ1) is 21.2. The van der Waals surface area contributed by atoms with Crippen molar-refractivity contribution in [2.45, 2.75) is 70.6 Å². The number of nitrogens with zero attached hydrogens (tertiary/aromatic N) is 1. The molecule has 0 aromatic carbocycles. The minimum absolute atomic E-state index is 0.166. The average Bonchev–Trinajstić information content (AvgIpc) is 3.01. The van der Waals surface area contributed by atoms with Gasteiger partial charge in [0.15, 0.2) is 0 Å². The number of nitrogens with two attached hydrogens (primary N) is 1. The molecule has 0 radical (unpaired) electrons. The molecule has 2 amide bonds. The van der Waals surface area contributed by atoms with Gasteiger partial charge in [0.1, 0.15) is 17.7 Å². The van der Waals surface area contributed by atoms with E-state index in [1.165, 1.54) is 12.0 Å². The van der Waals surface area contributed by atoms with Gasteiger partial charge in [0.25, 0.3) is 0 Å². The summed E-state index contributed by atoms with van der Waals surface area (Å²) >= 11 is 0. The summed E-state index contributed by atoms with van der Waals surface area (Å²) in [5, 5.41) is 2.84. The van der Waals surface area contributed by atoms with Crippen LogP contribution in [0.2, 0.25) is 0 Å². The number of unbranched alkanes of at least 4 members (excludes halogenated alkanes) is 1. The Morgan fingerprint density at radius 1 is 1.28 bits per heavy atom. The highest BCUT2D eigenvalue weighted by molar-refractivity contribution is 5.86. The number of carbonyl (C=O) groups is 3. The van der Waals surface area contributed by atoms with Gasteiger partial charge in [-0.3, -0.25) is 14.5 Å². The highest BCUT2D eigenvalue weighted by Gasteiger charge is 2.36. The van der Waals surface area contributed by atoms with Gasteiger partial charge < -0.3 is 20.5 Å². The van der Waals surface area contributed by atoms with Gasteiger partial charge in [-0.05, 0) is 52.9 Å². The van der Waals surface area contributed by atoms with Gasteiger partial charge in [0.2, 0.25) is 5.91 Å². The predicted octanol–water partition coefficient (Wildman–Crippen LogP) is 1.17. The Hall–Kier alpha value is -1.83. The molecule has 0 unspecified atom stereocenters. The molecule has 8 heteroatoms. The van der Waals surface area contributed by atoms with E-state index < -0.39 is 29.7 Å². The Balaban J connectivity index is 2.34. The number of carbonyl (C=O) groups excluding carboxylic acids is 3. The van der Waals surface area contributed by atoms with E-state index in [2.05, 4.69) is 10.1 Å². The van der Waals surface area contributed by atoms with Crippen molar-refractivity contribution in [3.05, 3.63) is 0 Å². The number of esters is 1. The summed E-state index contributed by atoms with van der Waals surface area (Å²) in [4.78, 5) is 37.2. The van der Waals surface area contributed by atoms with Gasteiger partial charge >= 0.3 is 12.1 Å². The van der Waals surface area contributed by atoms with Crippen LogP contribution in [0.5, 0.6) is 0 Å². The SMILES string of the molecule is COC(=O)[C@@H](N)CCCCNC(=O)[C@@H]1CCCN1C(=O)OC(C)(C)C. The third kappa shape index (κ3) is 7.29. The summed E-state index contributed by atoms with van der Waals surface area (Å²) in [5.74, 6) is -0.594. The topological polar surface area (TPSA) is 111 Å². The first-order valence-electron chi connectivity index (χ1n) is 8.76. The van der Waals surface area contributed by atoms with E-state index in [1.807, 2.05) is 0 Å². The van der Waals surface area contributed by atoms with Crippen molar-refractivity contribution < 1.29 is 23.9 Å². The normalized spacial score (nSPS) is 18.6. The number of methoxy groups -OCH3 is 1. The van der Waals surface area contributed by atoms with E-state index in [1.54, 1.807) is 20.8 Å². The fraction of sp³-hybridized carbons (Fsp3) is 0.824. The summed E-state index contributed by atoms with van der Waals surface area (Å²) in [5.41, 5.74) is 5.07. The quantitative estimate of drug-likeness (QED) is 0.523. The molecule has 8 nitrogen and oxygen atoms in total. The fourth-order valence-electron chi connectivity index (χ4n) is 2.67. The lowest BCUT2D eigenvalue weighted by atomic mass is 10.1. The lowest BCUT2D eigenvalue weighted by Gasteiger charge is -2.28. The van der Waals surface area contributed by atoms with Crippen LogP contribution in [0, 0.1) is 0 Å². The molecule has 0 aromatic rings. The number of nitrogens with one attached hydrogen (secondary N) is 1. The van der Waals surface area contributed by atoms with E-state index in [4.69, 9.17) is 10.5 Å². The monoisotopic (exact) mass is 357 g/mol. The smallest absolute Gasteiger partial charge is 0.410 e. The van der Waals surface area contributed by atoms with Crippen LogP contribution < -0.4 is 11.1 Å². The van der Waals surface area contributed by atoms with Gasteiger partial charge in [-0.15, -0.1) is 0 Å². The number of likely N-dealkylation sites (tertiary alicyclic amines) is 1. The van der Waals surface area contributed by atoms with Crippen LogP contribution in [-0.2, 0) is 19.1 Å². The zero-order valence-electron chi connectivity index (χ0n) is 15.7. The Kier molecular flexibility index (Phi) is 8.15. The number of amides is 2. The Morgan fingerprint density at radius 2 is 1.96 bits per heavy atom. The van der Waals surface area contributed by atoms with E-state index in [0.29, 0.717) is 38.8 Å². The minimum atomic E-state index is -0.627. The summed E-state index contributed by atoms with van der Waals surface area (Å²) in [6.07, 6.45) is 2.89. The molecule has 25 heavy (non-hydrogen) atoms. The van der Waals surface area contributed by atoms with Crippen LogP contribution in [0.4, 0.5) is 4.79 Å². The Bertz CT molecular complexity index is 475. The van der Waals surface area contributed by atoms with Gasteiger partial charge in [-0.25, -0.2) is 4.79 Å². The molecule has 3 N–H and O–H groups in total. The number of rotatable bonds is 7. The highest BCUT2D eigenvalue weighted by Crippen LogP contribution is 2.21. The van der Waals surface area contributed by atoms with Crippen molar-refractivity contribution >= 4 is 18.0 Å². The zero-order valence-corrected chi connectivity index (χ0v) is 15.7. The maximum absolute atomic E-state index is 12.3. The molecular formula is C17H31N3O5. The molecule has 2 atom stereocenters. The van der Waals surface area contributed by atoms with Gasteiger partial charge in [-0.1, -0.05) is 0 Å². The Morgan fingerprint density at radius 3 is 2.56 bits per heavy atom. The van der Waals surface area contributed by atoms with Crippen molar-refractivity contribution in [3.8, 4) is 0 Å². The third-order valence-electron chi connectivity index (χ3n) is 3.93. The van der Waals surface area contributed by atoms with E-state index in [-0.39, 0.29) is 5.91 Å². The molecule has 1 aliphatic rings. The minimum Gasteiger partial charge on any atom is -0.468 e. The van der Waals surface area contributed by atoms with Crippen LogP contribution in [0.1, 0.15) is 52.9 Å². The molecule has 0 aromatic heterocycles. The van der Waals surface area contributed by atoms with Crippen LogP contribution >= 0.6 is 0 Å². The molecular weight excluding hydrogens is 326 g/mol. The van der Waals surface area contributed by atoms with Gasteiger partial charge in [-0.2, -0.15) is 0 Å². The molecule has 1 heterocycles. The maximum atomic E-state index is 12.3. The number of ether oxygens (including phenoxy) is 2. The Labute approximate surface area is 149 Å². The van der Waals surface area contributed by atoms with Crippen LogP contribution in [0.25, 0.3) is 0 Å². The lowest BCUT2D eigenvalue weighted by Crippen LogP contribution is -2.47. The number of hydrogen-bond acceptors (Lipinski definition) is 6. The van der Waals surface area contributed by atoms with Gasteiger partial charge in [0.05, 0.1) is 7.11 Å². The number of hydrogen-bond donors (Lipinski definition) is 2. The predicted molar refractivity (Wildman–Crippen MR) is 92.8 cm³/mol. The molecule has 1 saturated heterocycles. The van der Waals surface area contributed by atoms with Crippen molar-refractivity contribution in [1.82, 2.24) is 10.2 Å². The largest absolute Gasteiger partial charge is 0.468 e. The van der Waals surface area contributed by atoms with Crippen LogP contribution in [-0.4, -0.2) is 60.8 Å². The fourth-order valence-corrected chi connectivity index (χ4v) is 2.67. The first-order chi connectivity index (χ1) is 11.7. The molecule has 0 aliphatic carbocycles. The summed E-state index contributed by atoms with van der Waals surface area (Å²) in [7, 11) is 1.31. The second-order valence-electron chi connectivity index (χ2n) is 7.25. The van der Waals surface area contributed by atoms with E-state index >= 15 is 0 Å². The zero-order chi connectivity index (χ0) is 19.0. The molecule has 1 aliphatic heterocycles. The van der Waals surface area contributed by atoms with Crippen LogP contribution in [0.15, 0.2) is 0 Å². The molecule has 1 rings (SSSR count). The van der Waals surface area contributed by atoms with Crippen LogP contribution in [0.3, 0.4) is 0 Å². The van der Waals surface area contributed by atoms with E-state index in [0.717, 1.165) is 6.42 Å². The molecule has 0 spiro atoms. The second kappa shape index (κ2) is 9.60. The van der Waals surface area contributed by atoms with Crippen molar-refractivity contribution in [2.75, 3.05) is 20.2 Å². The van der Waals surface area contributed by atoms with E-state index in [9.17, 15) is 14.4 Å². The second-order valence-corrected chi connectivity index (χ2v) is 7.25. The summed E-state index contributed by atoms with van der Waals surface area (Å²) in [6, 6.07) is -1.11. The summed E-state index contributed by atoms with van der Waals surface area (Å²) < 4.78 is 9.91. The maximum Gasteiger partial charge on any atom is 0.410 e. The molecule has 1 fully saturated rings. The van der Waals surface area contributed by atoms with Gasteiger partial charge in [0, 0.05) is 13.1 Å². The molecule has 144 valence electrons. The first-order valence-corrected chi connectivity index (χ1v) is 8.76. The molecule has 0 saturated carbocycles. The highest BCUT2D eigenvalue weighted by atomic mass is 16.6. The third-order valence-corrected chi connectivity index (χ3v) is 3.93. The molecule has 0 bridgehead atoms. The van der Waals surface area contributed by atoms with Crippen molar-refractivity contribution in [3.63, 3.8) is 0 Å².